The molecule has 0 atom stereocenters. The molecule has 0 aliphatic carbocycles. The van der Waals surface area contributed by atoms with Crippen LogP contribution in [0.2, 0.25) is 5.02 Å². The molecule has 0 saturated carbocycles. The van der Waals surface area contributed by atoms with Crippen LogP contribution in [0, 0.1) is 0 Å². The smallest absolute Gasteiger partial charge is 0.0639 e. The minimum absolute atomic E-state index is 0.765. The lowest BCUT2D eigenvalue weighted by molar-refractivity contribution is 0.148. The van der Waals surface area contributed by atoms with Crippen LogP contribution in [0.25, 0.3) is 0 Å². The molecule has 1 saturated heterocycles. The molecule has 1 fully saturated rings. The quantitative estimate of drug-likeness (QED) is 0.766. The Morgan fingerprint density at radius 1 is 1.21 bits per heavy atom. The average molecular weight is 345 g/mol. The van der Waals surface area contributed by atoms with Crippen LogP contribution >= 0.6 is 11.6 Å². The molecule has 0 bridgehead atoms. The monoisotopic (exact) mass is 344 g/mol. The molecule has 1 aromatic rings. The van der Waals surface area contributed by atoms with Gasteiger partial charge in [-0.05, 0) is 37.0 Å². The van der Waals surface area contributed by atoms with Gasteiger partial charge < -0.3 is 9.80 Å². The standard InChI is InChI=1S/C19H25ClN4/c1-4-15-13-24(14-18(15)21-2)19-11-17(20)6-5-16(19)12-23-9-7-22(3)8-10-23/h4-6,11H,1-2,7-10,12-14H2,3H3. The van der Waals surface area contributed by atoms with Gasteiger partial charge in [-0.1, -0.05) is 30.3 Å². The fourth-order valence-electron chi connectivity index (χ4n) is 3.35. The number of rotatable bonds is 5. The maximum absolute atomic E-state index is 6.28. The highest BCUT2D eigenvalue weighted by Gasteiger charge is 2.23. The second-order valence-electron chi connectivity index (χ2n) is 6.54. The third kappa shape index (κ3) is 3.72. The normalized spacial score (nSPS) is 19.8. The van der Waals surface area contributed by atoms with Gasteiger partial charge in [0.25, 0.3) is 0 Å². The lowest BCUT2D eigenvalue weighted by Gasteiger charge is -2.33. The molecule has 5 heteroatoms. The zero-order valence-electron chi connectivity index (χ0n) is 14.3. The molecule has 2 aliphatic rings. The molecule has 2 aliphatic heterocycles. The Morgan fingerprint density at radius 2 is 1.96 bits per heavy atom. The van der Waals surface area contributed by atoms with Gasteiger partial charge in [0.2, 0.25) is 0 Å². The molecule has 4 nitrogen and oxygen atoms in total. The third-order valence-electron chi connectivity index (χ3n) is 4.89. The summed E-state index contributed by atoms with van der Waals surface area (Å²) in [4.78, 5) is 11.4. The van der Waals surface area contributed by atoms with Gasteiger partial charge in [0, 0.05) is 50.0 Å². The SMILES string of the molecule is C=CC1=C(N=C)CN(c2cc(Cl)ccc2CN2CCN(C)CC2)C1. The molecule has 0 aromatic heterocycles. The number of benzene rings is 1. The van der Waals surface area contributed by atoms with Crippen LogP contribution in [0.15, 0.2) is 47.1 Å². The maximum Gasteiger partial charge on any atom is 0.0639 e. The number of anilines is 1. The van der Waals surface area contributed by atoms with Crippen LogP contribution < -0.4 is 4.90 Å². The fraction of sp³-hybridized carbons (Fsp3) is 0.421. The summed E-state index contributed by atoms with van der Waals surface area (Å²) in [6.45, 7) is 14.6. The average Bonchev–Trinajstić information content (AvgIpc) is 3.01. The van der Waals surface area contributed by atoms with E-state index in [1.165, 1.54) is 11.3 Å². The van der Waals surface area contributed by atoms with Crippen molar-refractivity contribution >= 4 is 24.0 Å². The minimum atomic E-state index is 0.765. The van der Waals surface area contributed by atoms with Crippen molar-refractivity contribution in [3.05, 3.63) is 52.7 Å². The summed E-state index contributed by atoms with van der Waals surface area (Å²) in [7, 11) is 2.18. The van der Waals surface area contributed by atoms with E-state index in [1.54, 1.807) is 0 Å². The first kappa shape index (κ1) is 17.2. The first-order valence-corrected chi connectivity index (χ1v) is 8.74. The van der Waals surface area contributed by atoms with E-state index in [2.05, 4.69) is 52.2 Å². The van der Waals surface area contributed by atoms with Crippen LogP contribution in [-0.2, 0) is 6.54 Å². The van der Waals surface area contributed by atoms with Crippen LogP contribution in [0.4, 0.5) is 5.69 Å². The highest BCUT2D eigenvalue weighted by atomic mass is 35.5. The number of piperazine rings is 1. The van der Waals surface area contributed by atoms with Gasteiger partial charge in [-0.2, -0.15) is 0 Å². The van der Waals surface area contributed by atoms with Crippen molar-refractivity contribution in [2.75, 3.05) is 51.2 Å². The number of halogens is 1. The number of hydrogen-bond donors (Lipinski definition) is 0. The molecule has 0 unspecified atom stereocenters. The largest absolute Gasteiger partial charge is 0.361 e. The van der Waals surface area contributed by atoms with E-state index in [4.69, 9.17) is 11.6 Å². The second-order valence-corrected chi connectivity index (χ2v) is 6.98. The molecule has 0 N–H and O–H groups in total. The lowest BCUT2D eigenvalue weighted by atomic mass is 10.1. The van der Waals surface area contributed by atoms with Gasteiger partial charge in [0.1, 0.15) is 0 Å². The van der Waals surface area contributed by atoms with E-state index in [-0.39, 0.29) is 0 Å². The second kappa shape index (κ2) is 7.51. The Labute approximate surface area is 149 Å². The van der Waals surface area contributed by atoms with E-state index in [1.807, 2.05) is 12.1 Å². The third-order valence-corrected chi connectivity index (χ3v) is 5.12. The topological polar surface area (TPSA) is 22.1 Å². The molecule has 0 spiro atoms. The van der Waals surface area contributed by atoms with Gasteiger partial charge in [-0.25, -0.2) is 0 Å². The van der Waals surface area contributed by atoms with E-state index >= 15 is 0 Å². The zero-order valence-corrected chi connectivity index (χ0v) is 15.1. The number of likely N-dealkylation sites (N-methyl/N-ethyl adjacent to an activating group) is 1. The summed E-state index contributed by atoms with van der Waals surface area (Å²) in [6, 6.07) is 6.21. The summed E-state index contributed by atoms with van der Waals surface area (Å²) in [5, 5.41) is 0.771. The molecular weight excluding hydrogens is 320 g/mol. The van der Waals surface area contributed by atoms with E-state index < -0.39 is 0 Å². The van der Waals surface area contributed by atoms with E-state index in [0.29, 0.717) is 0 Å². The van der Waals surface area contributed by atoms with Crippen molar-refractivity contribution in [2.24, 2.45) is 4.99 Å². The molecule has 0 amide bonds. The molecular formula is C19H25ClN4. The lowest BCUT2D eigenvalue weighted by Crippen LogP contribution is -2.44. The summed E-state index contributed by atoms with van der Waals surface area (Å²) >= 11 is 6.28. The Hall–Kier alpha value is -1.62. The minimum Gasteiger partial charge on any atom is -0.361 e. The molecule has 2 heterocycles. The molecule has 1 aromatic carbocycles. The number of hydrogen-bond acceptors (Lipinski definition) is 4. The van der Waals surface area contributed by atoms with E-state index in [9.17, 15) is 0 Å². The van der Waals surface area contributed by atoms with Crippen LogP contribution in [0.1, 0.15) is 5.56 Å². The maximum atomic E-state index is 6.28. The number of aliphatic imine (C=N–C) groups is 1. The van der Waals surface area contributed by atoms with Gasteiger partial charge >= 0.3 is 0 Å². The molecule has 0 radical (unpaired) electrons. The summed E-state index contributed by atoms with van der Waals surface area (Å²) in [5.41, 5.74) is 4.67. The van der Waals surface area contributed by atoms with Crippen LogP contribution in [0.5, 0.6) is 0 Å². The van der Waals surface area contributed by atoms with E-state index in [0.717, 1.165) is 62.1 Å². The predicted octanol–water partition coefficient (Wildman–Crippen LogP) is 3.05. The van der Waals surface area contributed by atoms with Crippen molar-refractivity contribution in [1.82, 2.24) is 9.80 Å². The predicted molar refractivity (Wildman–Crippen MR) is 103 cm³/mol. The summed E-state index contributed by atoms with van der Waals surface area (Å²) < 4.78 is 0. The van der Waals surface area contributed by atoms with Crippen molar-refractivity contribution < 1.29 is 0 Å². The summed E-state index contributed by atoms with van der Waals surface area (Å²) in [6.07, 6.45) is 1.88. The molecule has 128 valence electrons. The van der Waals surface area contributed by atoms with Crippen molar-refractivity contribution in [2.45, 2.75) is 6.54 Å². The van der Waals surface area contributed by atoms with Gasteiger partial charge in [0.05, 0.1) is 12.2 Å². The zero-order chi connectivity index (χ0) is 17.1. The summed E-state index contributed by atoms with van der Waals surface area (Å²) in [5.74, 6) is 0. The Balaban J connectivity index is 1.79. The van der Waals surface area contributed by atoms with Crippen LogP contribution in [-0.4, -0.2) is 62.8 Å². The Bertz CT molecular complexity index is 639. The number of nitrogens with zero attached hydrogens (tertiary/aromatic N) is 4. The fourth-order valence-corrected chi connectivity index (χ4v) is 3.52. The first-order valence-electron chi connectivity index (χ1n) is 8.36. The van der Waals surface area contributed by atoms with Gasteiger partial charge in [-0.15, -0.1) is 0 Å². The van der Waals surface area contributed by atoms with Crippen molar-refractivity contribution in [3.8, 4) is 0 Å². The Kier molecular flexibility index (Phi) is 5.39. The Morgan fingerprint density at radius 3 is 2.58 bits per heavy atom. The van der Waals surface area contributed by atoms with Crippen molar-refractivity contribution in [3.63, 3.8) is 0 Å². The van der Waals surface area contributed by atoms with Gasteiger partial charge in [-0.3, -0.25) is 9.89 Å². The highest BCUT2D eigenvalue weighted by molar-refractivity contribution is 6.30. The molecule has 24 heavy (non-hydrogen) atoms. The van der Waals surface area contributed by atoms with Crippen LogP contribution in [0.3, 0.4) is 0 Å². The molecule has 3 rings (SSSR count). The first-order chi connectivity index (χ1) is 11.6. The van der Waals surface area contributed by atoms with Crippen molar-refractivity contribution in [1.29, 1.82) is 0 Å². The van der Waals surface area contributed by atoms with Gasteiger partial charge in [0.15, 0.2) is 0 Å². The highest BCUT2D eigenvalue weighted by Crippen LogP contribution is 2.31.